The number of alkyl halides is 2. The molecule has 0 saturated heterocycles. The molecule has 0 spiro atoms. The summed E-state index contributed by atoms with van der Waals surface area (Å²) in [4.78, 5) is 1.18. The lowest BCUT2D eigenvalue weighted by molar-refractivity contribution is 0.145. The van der Waals surface area contributed by atoms with E-state index in [1.54, 1.807) is 11.8 Å². The molecule has 0 radical (unpaired) electrons. The van der Waals surface area contributed by atoms with Crippen molar-refractivity contribution in [3.05, 3.63) is 29.8 Å². The number of hydrogen-bond acceptors (Lipinski definition) is 2. The number of benzene rings is 1. The lowest BCUT2D eigenvalue weighted by Crippen LogP contribution is -2.20. The van der Waals surface area contributed by atoms with Gasteiger partial charge in [0.2, 0.25) is 0 Å². The minimum Gasteiger partial charge on any atom is -0.307 e. The van der Waals surface area contributed by atoms with Crippen LogP contribution in [0.15, 0.2) is 29.2 Å². The monoisotopic (exact) mass is 217 g/mol. The van der Waals surface area contributed by atoms with Crippen molar-refractivity contribution >= 4 is 11.8 Å². The van der Waals surface area contributed by atoms with Crippen LogP contribution in [0.5, 0.6) is 0 Å². The Hall–Kier alpha value is -0.610. The van der Waals surface area contributed by atoms with Gasteiger partial charge in [0.05, 0.1) is 6.54 Å². The van der Waals surface area contributed by atoms with E-state index in [1.807, 2.05) is 30.5 Å². The van der Waals surface area contributed by atoms with Gasteiger partial charge in [0.25, 0.3) is 6.43 Å². The van der Waals surface area contributed by atoms with Crippen molar-refractivity contribution < 1.29 is 8.78 Å². The zero-order valence-corrected chi connectivity index (χ0v) is 8.78. The molecule has 0 aliphatic rings. The standard InChI is InChI=1S/C10H13F2NS/c1-14-9-4-2-8(3-5-9)6-13-7-10(11)12/h2-5,10,13H,6-7H2,1H3. The lowest BCUT2D eigenvalue weighted by Gasteiger charge is -2.04. The summed E-state index contributed by atoms with van der Waals surface area (Å²) < 4.78 is 23.6. The fourth-order valence-corrected chi connectivity index (χ4v) is 1.48. The third kappa shape index (κ3) is 4.07. The fourth-order valence-electron chi connectivity index (χ4n) is 1.07. The summed E-state index contributed by atoms with van der Waals surface area (Å²) in [7, 11) is 0. The highest BCUT2D eigenvalue weighted by molar-refractivity contribution is 7.98. The molecule has 0 heterocycles. The van der Waals surface area contributed by atoms with Crippen molar-refractivity contribution in [2.45, 2.75) is 17.9 Å². The van der Waals surface area contributed by atoms with Crippen LogP contribution in [0.25, 0.3) is 0 Å². The summed E-state index contributed by atoms with van der Waals surface area (Å²) in [5, 5.41) is 2.68. The molecule has 0 aliphatic carbocycles. The second-order valence-corrected chi connectivity index (χ2v) is 3.75. The first kappa shape index (κ1) is 11.5. The van der Waals surface area contributed by atoms with Crippen molar-refractivity contribution in [1.82, 2.24) is 5.32 Å². The molecule has 1 N–H and O–H groups in total. The highest BCUT2D eigenvalue weighted by Gasteiger charge is 2.00. The predicted octanol–water partition coefficient (Wildman–Crippen LogP) is 2.76. The van der Waals surface area contributed by atoms with E-state index < -0.39 is 6.43 Å². The van der Waals surface area contributed by atoms with Crippen LogP contribution in [0.4, 0.5) is 8.78 Å². The number of rotatable bonds is 5. The molecule has 0 unspecified atom stereocenters. The van der Waals surface area contributed by atoms with Crippen LogP contribution in [-0.4, -0.2) is 19.2 Å². The second-order valence-electron chi connectivity index (χ2n) is 2.87. The highest BCUT2D eigenvalue weighted by Crippen LogP contribution is 2.14. The van der Waals surface area contributed by atoms with E-state index in [1.165, 1.54) is 4.90 Å². The van der Waals surface area contributed by atoms with Crippen LogP contribution in [0.1, 0.15) is 5.56 Å². The Morgan fingerprint density at radius 2 is 1.93 bits per heavy atom. The normalized spacial score (nSPS) is 10.9. The van der Waals surface area contributed by atoms with Crippen LogP contribution in [0.3, 0.4) is 0 Å². The molecule has 4 heteroatoms. The minimum atomic E-state index is -2.28. The van der Waals surface area contributed by atoms with Crippen molar-refractivity contribution in [2.75, 3.05) is 12.8 Å². The van der Waals surface area contributed by atoms with Crippen molar-refractivity contribution in [3.63, 3.8) is 0 Å². The zero-order valence-electron chi connectivity index (χ0n) is 7.97. The molecule has 14 heavy (non-hydrogen) atoms. The second kappa shape index (κ2) is 5.98. The Balaban J connectivity index is 2.36. The first-order valence-electron chi connectivity index (χ1n) is 4.34. The Kier molecular flexibility index (Phi) is 4.90. The minimum absolute atomic E-state index is 0.246. The van der Waals surface area contributed by atoms with Gasteiger partial charge in [0, 0.05) is 11.4 Å². The van der Waals surface area contributed by atoms with Gasteiger partial charge in [0.1, 0.15) is 0 Å². The van der Waals surface area contributed by atoms with E-state index in [2.05, 4.69) is 5.32 Å². The highest BCUT2D eigenvalue weighted by atomic mass is 32.2. The summed E-state index contributed by atoms with van der Waals surface area (Å²) >= 11 is 1.67. The van der Waals surface area contributed by atoms with E-state index in [-0.39, 0.29) is 6.54 Å². The Morgan fingerprint density at radius 3 is 2.43 bits per heavy atom. The summed E-state index contributed by atoms with van der Waals surface area (Å²) in [6, 6.07) is 7.88. The maximum atomic E-state index is 11.8. The molecule has 0 fully saturated rings. The summed E-state index contributed by atoms with van der Waals surface area (Å²) in [5.74, 6) is 0. The molecule has 78 valence electrons. The van der Waals surface area contributed by atoms with Crippen LogP contribution in [-0.2, 0) is 6.54 Å². The van der Waals surface area contributed by atoms with Gasteiger partial charge < -0.3 is 5.32 Å². The number of nitrogens with one attached hydrogen (secondary N) is 1. The molecule has 1 rings (SSSR count). The molecule has 0 saturated carbocycles. The van der Waals surface area contributed by atoms with E-state index >= 15 is 0 Å². The number of halogens is 2. The van der Waals surface area contributed by atoms with Gasteiger partial charge in [-0.05, 0) is 24.0 Å². The lowest BCUT2D eigenvalue weighted by atomic mass is 10.2. The Morgan fingerprint density at radius 1 is 1.29 bits per heavy atom. The topological polar surface area (TPSA) is 12.0 Å². The average molecular weight is 217 g/mol. The van der Waals surface area contributed by atoms with Crippen molar-refractivity contribution in [3.8, 4) is 0 Å². The molecule has 0 atom stereocenters. The van der Waals surface area contributed by atoms with E-state index in [9.17, 15) is 8.78 Å². The quantitative estimate of drug-likeness (QED) is 0.761. The zero-order chi connectivity index (χ0) is 10.4. The number of hydrogen-bond donors (Lipinski definition) is 1. The van der Waals surface area contributed by atoms with Gasteiger partial charge in [-0.15, -0.1) is 11.8 Å². The first-order chi connectivity index (χ1) is 6.72. The van der Waals surface area contributed by atoms with Gasteiger partial charge >= 0.3 is 0 Å². The maximum absolute atomic E-state index is 11.8. The molecular weight excluding hydrogens is 204 g/mol. The largest absolute Gasteiger partial charge is 0.307 e. The predicted molar refractivity (Wildman–Crippen MR) is 55.9 cm³/mol. The van der Waals surface area contributed by atoms with Crippen molar-refractivity contribution in [1.29, 1.82) is 0 Å². The molecular formula is C10H13F2NS. The molecule has 0 aromatic heterocycles. The molecule has 0 amide bonds. The van der Waals surface area contributed by atoms with Crippen LogP contribution >= 0.6 is 11.8 Å². The Bertz CT molecular complexity index is 261. The molecule has 1 nitrogen and oxygen atoms in total. The molecule has 1 aromatic rings. The summed E-state index contributed by atoms with van der Waals surface area (Å²) in [5.41, 5.74) is 1.03. The van der Waals surface area contributed by atoms with Crippen molar-refractivity contribution in [2.24, 2.45) is 0 Å². The third-order valence-electron chi connectivity index (χ3n) is 1.79. The average Bonchev–Trinajstić information content (AvgIpc) is 2.18. The third-order valence-corrected chi connectivity index (χ3v) is 2.53. The van der Waals surface area contributed by atoms with E-state index in [0.717, 1.165) is 5.56 Å². The molecule has 1 aromatic carbocycles. The van der Waals surface area contributed by atoms with Gasteiger partial charge in [0.15, 0.2) is 0 Å². The summed E-state index contributed by atoms with van der Waals surface area (Å²) in [6.07, 6.45) is -0.273. The number of thioether (sulfide) groups is 1. The smallest absolute Gasteiger partial charge is 0.250 e. The fraction of sp³-hybridized carbons (Fsp3) is 0.400. The van der Waals surface area contributed by atoms with E-state index in [0.29, 0.717) is 6.54 Å². The first-order valence-corrected chi connectivity index (χ1v) is 5.56. The van der Waals surface area contributed by atoms with E-state index in [4.69, 9.17) is 0 Å². The Labute approximate surface area is 86.9 Å². The molecule has 0 bridgehead atoms. The van der Waals surface area contributed by atoms with Crippen LogP contribution in [0.2, 0.25) is 0 Å². The van der Waals surface area contributed by atoms with Gasteiger partial charge in [-0.3, -0.25) is 0 Å². The molecule has 0 aliphatic heterocycles. The van der Waals surface area contributed by atoms with Crippen LogP contribution in [0, 0.1) is 0 Å². The SMILES string of the molecule is CSc1ccc(CNCC(F)F)cc1. The maximum Gasteiger partial charge on any atom is 0.250 e. The summed E-state index contributed by atoms with van der Waals surface area (Å²) in [6.45, 7) is 0.253. The van der Waals surface area contributed by atoms with Gasteiger partial charge in [-0.25, -0.2) is 8.78 Å². The van der Waals surface area contributed by atoms with Crippen LogP contribution < -0.4 is 5.32 Å². The van der Waals surface area contributed by atoms with Gasteiger partial charge in [-0.1, -0.05) is 12.1 Å². The van der Waals surface area contributed by atoms with Gasteiger partial charge in [-0.2, -0.15) is 0 Å².